The van der Waals surface area contributed by atoms with E-state index in [1.54, 1.807) is 17.4 Å². The number of nitrogens with zero attached hydrogens (tertiary/aromatic N) is 3. The van der Waals surface area contributed by atoms with Crippen LogP contribution in [0.4, 0.5) is 5.13 Å². The molecule has 1 N–H and O–H groups in total. The highest BCUT2D eigenvalue weighted by atomic mass is 32.1. The molecular weight excluding hydrogens is 364 g/mol. The number of fused-ring (bicyclic) bond motifs is 1. The third-order valence-electron chi connectivity index (χ3n) is 3.58. The lowest BCUT2D eigenvalue weighted by molar-refractivity contribution is -0.111. The number of para-hydroxylation sites is 1. The Morgan fingerprint density at radius 2 is 1.81 bits per heavy atom. The van der Waals surface area contributed by atoms with E-state index < -0.39 is 0 Å². The lowest BCUT2D eigenvalue weighted by Crippen LogP contribution is -2.07. The van der Waals surface area contributed by atoms with Gasteiger partial charge in [0.1, 0.15) is 10.0 Å². The number of amides is 1. The number of carbonyl (C=O) groups is 1. The molecule has 0 spiro atoms. The number of aromatic nitrogens is 3. The van der Waals surface area contributed by atoms with Crippen molar-refractivity contribution in [1.82, 2.24) is 15.2 Å². The molecular formula is C19H14N4OS2. The van der Waals surface area contributed by atoms with E-state index >= 15 is 0 Å². The zero-order chi connectivity index (χ0) is 17.8. The van der Waals surface area contributed by atoms with Crippen LogP contribution in [0.1, 0.15) is 15.6 Å². The SMILES string of the molecule is O=C(/C=C/c1nc2ccccc2s1)Nc1nnc(Cc2ccccc2)s1. The standard InChI is InChI=1S/C19H14N4OS2/c24-16(10-11-17-20-14-8-4-5-9-15(14)25-17)21-19-23-22-18(26-19)12-13-6-2-1-3-7-13/h1-11H,12H2,(H,21,23,24)/b11-10+. The van der Waals surface area contributed by atoms with Crippen LogP contribution in [0.5, 0.6) is 0 Å². The summed E-state index contributed by atoms with van der Waals surface area (Å²) in [6.45, 7) is 0. The van der Waals surface area contributed by atoms with Crippen molar-refractivity contribution in [2.75, 3.05) is 5.32 Å². The fourth-order valence-electron chi connectivity index (χ4n) is 2.40. The van der Waals surface area contributed by atoms with E-state index in [0.717, 1.165) is 25.8 Å². The zero-order valence-electron chi connectivity index (χ0n) is 13.6. The van der Waals surface area contributed by atoms with Crippen molar-refractivity contribution in [3.05, 3.63) is 76.3 Å². The zero-order valence-corrected chi connectivity index (χ0v) is 15.3. The van der Waals surface area contributed by atoms with Crippen LogP contribution in [-0.2, 0) is 11.2 Å². The van der Waals surface area contributed by atoms with Crippen molar-refractivity contribution in [2.45, 2.75) is 6.42 Å². The van der Waals surface area contributed by atoms with E-state index in [2.05, 4.69) is 20.5 Å². The van der Waals surface area contributed by atoms with Crippen LogP contribution < -0.4 is 5.32 Å². The fraction of sp³-hybridized carbons (Fsp3) is 0.0526. The maximum atomic E-state index is 12.1. The topological polar surface area (TPSA) is 67.8 Å². The Balaban J connectivity index is 1.38. The smallest absolute Gasteiger partial charge is 0.250 e. The molecule has 26 heavy (non-hydrogen) atoms. The molecule has 0 radical (unpaired) electrons. The summed E-state index contributed by atoms with van der Waals surface area (Å²) >= 11 is 2.93. The average molecular weight is 378 g/mol. The van der Waals surface area contributed by atoms with E-state index in [4.69, 9.17) is 0 Å². The molecule has 0 saturated carbocycles. The minimum Gasteiger partial charge on any atom is -0.297 e. The molecule has 0 fully saturated rings. The number of benzene rings is 2. The minimum atomic E-state index is -0.244. The van der Waals surface area contributed by atoms with Gasteiger partial charge < -0.3 is 0 Å². The molecule has 5 nitrogen and oxygen atoms in total. The molecule has 0 aliphatic rings. The normalized spacial score (nSPS) is 11.2. The van der Waals surface area contributed by atoms with Crippen LogP contribution in [0.25, 0.3) is 16.3 Å². The summed E-state index contributed by atoms with van der Waals surface area (Å²) in [5.74, 6) is -0.244. The first kappa shape index (κ1) is 16.6. The highest BCUT2D eigenvalue weighted by Gasteiger charge is 2.07. The number of nitrogens with one attached hydrogen (secondary N) is 1. The number of hydrogen-bond donors (Lipinski definition) is 1. The molecule has 128 valence electrons. The second-order valence-electron chi connectivity index (χ2n) is 5.51. The predicted octanol–water partition coefficient (Wildman–Crippen LogP) is 4.39. The Bertz CT molecular complexity index is 1040. The number of rotatable bonds is 5. The van der Waals surface area contributed by atoms with Gasteiger partial charge in [-0.1, -0.05) is 53.8 Å². The summed E-state index contributed by atoms with van der Waals surface area (Å²) in [5, 5.41) is 13.1. The van der Waals surface area contributed by atoms with Crippen LogP contribution in [0, 0.1) is 0 Å². The molecule has 0 aliphatic carbocycles. The van der Waals surface area contributed by atoms with E-state index in [1.165, 1.54) is 17.4 Å². The van der Waals surface area contributed by atoms with Crippen LogP contribution in [-0.4, -0.2) is 21.1 Å². The molecule has 0 bridgehead atoms. The maximum Gasteiger partial charge on any atom is 0.250 e. The largest absolute Gasteiger partial charge is 0.297 e. The second kappa shape index (κ2) is 7.55. The molecule has 1 amide bonds. The summed E-state index contributed by atoms with van der Waals surface area (Å²) in [6.07, 6.45) is 3.89. The summed E-state index contributed by atoms with van der Waals surface area (Å²) in [5.41, 5.74) is 2.10. The third kappa shape index (κ3) is 4.01. The summed E-state index contributed by atoms with van der Waals surface area (Å²) in [6, 6.07) is 17.9. The molecule has 0 atom stereocenters. The van der Waals surface area contributed by atoms with Gasteiger partial charge in [0.25, 0.3) is 0 Å². The van der Waals surface area contributed by atoms with Gasteiger partial charge in [0.2, 0.25) is 11.0 Å². The average Bonchev–Trinajstić information content (AvgIpc) is 3.27. The lowest BCUT2D eigenvalue weighted by Gasteiger charge is -1.95. The molecule has 4 aromatic rings. The van der Waals surface area contributed by atoms with Crippen molar-refractivity contribution < 1.29 is 4.79 Å². The van der Waals surface area contributed by atoms with Crippen LogP contribution in [0.3, 0.4) is 0 Å². The van der Waals surface area contributed by atoms with Crippen molar-refractivity contribution in [3.8, 4) is 0 Å². The highest BCUT2D eigenvalue weighted by molar-refractivity contribution is 7.19. The lowest BCUT2D eigenvalue weighted by atomic mass is 10.2. The van der Waals surface area contributed by atoms with E-state index in [9.17, 15) is 4.79 Å². The van der Waals surface area contributed by atoms with Crippen molar-refractivity contribution >= 4 is 50.0 Å². The van der Waals surface area contributed by atoms with Crippen LogP contribution >= 0.6 is 22.7 Å². The number of thiazole rings is 1. The van der Waals surface area contributed by atoms with Gasteiger partial charge in [0.05, 0.1) is 10.2 Å². The first-order valence-electron chi connectivity index (χ1n) is 7.97. The van der Waals surface area contributed by atoms with Gasteiger partial charge in [-0.25, -0.2) is 4.98 Å². The summed E-state index contributed by atoms with van der Waals surface area (Å²) in [7, 11) is 0. The Morgan fingerprint density at radius 1 is 1.00 bits per heavy atom. The van der Waals surface area contributed by atoms with Crippen molar-refractivity contribution in [1.29, 1.82) is 0 Å². The minimum absolute atomic E-state index is 0.244. The molecule has 2 aromatic carbocycles. The second-order valence-corrected chi connectivity index (χ2v) is 7.63. The monoisotopic (exact) mass is 378 g/mol. The molecule has 2 heterocycles. The first-order valence-corrected chi connectivity index (χ1v) is 9.60. The molecule has 0 unspecified atom stereocenters. The van der Waals surface area contributed by atoms with Gasteiger partial charge >= 0.3 is 0 Å². The van der Waals surface area contributed by atoms with Gasteiger partial charge in [0, 0.05) is 12.5 Å². The Morgan fingerprint density at radius 3 is 2.65 bits per heavy atom. The van der Waals surface area contributed by atoms with Crippen molar-refractivity contribution in [3.63, 3.8) is 0 Å². The first-order chi connectivity index (χ1) is 12.8. The Hall–Kier alpha value is -2.90. The predicted molar refractivity (Wildman–Crippen MR) is 106 cm³/mol. The third-order valence-corrected chi connectivity index (χ3v) is 5.42. The summed E-state index contributed by atoms with van der Waals surface area (Å²) < 4.78 is 1.10. The fourth-order valence-corrected chi connectivity index (χ4v) is 4.05. The van der Waals surface area contributed by atoms with Crippen molar-refractivity contribution in [2.24, 2.45) is 0 Å². The number of hydrogen-bond acceptors (Lipinski definition) is 6. The van der Waals surface area contributed by atoms with E-state index in [0.29, 0.717) is 11.6 Å². The molecule has 0 saturated heterocycles. The maximum absolute atomic E-state index is 12.1. The Kier molecular flexibility index (Phi) is 4.81. The van der Waals surface area contributed by atoms with Gasteiger partial charge in [-0.2, -0.15) is 0 Å². The van der Waals surface area contributed by atoms with Gasteiger partial charge in [0.15, 0.2) is 0 Å². The quantitative estimate of drug-likeness (QED) is 0.523. The van der Waals surface area contributed by atoms with Crippen LogP contribution in [0.15, 0.2) is 60.7 Å². The van der Waals surface area contributed by atoms with Crippen LogP contribution in [0.2, 0.25) is 0 Å². The Labute approximate surface area is 158 Å². The van der Waals surface area contributed by atoms with E-state index in [-0.39, 0.29) is 5.91 Å². The van der Waals surface area contributed by atoms with E-state index in [1.807, 2.05) is 54.6 Å². The summed E-state index contributed by atoms with van der Waals surface area (Å²) in [4.78, 5) is 16.6. The molecule has 4 rings (SSSR count). The van der Waals surface area contributed by atoms with Gasteiger partial charge in [-0.15, -0.1) is 21.5 Å². The number of anilines is 1. The highest BCUT2D eigenvalue weighted by Crippen LogP contribution is 2.22. The molecule has 0 aliphatic heterocycles. The van der Waals surface area contributed by atoms with Gasteiger partial charge in [-0.05, 0) is 23.8 Å². The van der Waals surface area contributed by atoms with Gasteiger partial charge in [-0.3, -0.25) is 10.1 Å². The number of carbonyl (C=O) groups excluding carboxylic acids is 1. The molecule has 2 aromatic heterocycles. The molecule has 7 heteroatoms.